The normalized spacial score (nSPS) is 50.1. The maximum absolute atomic E-state index is 14.3. The lowest BCUT2D eigenvalue weighted by Gasteiger charge is -2.55. The first kappa shape index (κ1) is 17.8. The molecular weight excluding hydrogens is 363 g/mol. The molecule has 5 rings (SSSR count). The van der Waals surface area contributed by atoms with Crippen molar-refractivity contribution in [2.45, 2.75) is 52.6 Å². The Labute approximate surface area is 163 Å². The van der Waals surface area contributed by atoms with Crippen molar-refractivity contribution >= 4 is 28.4 Å². The molecule has 0 aliphatic heterocycles. The van der Waals surface area contributed by atoms with E-state index in [0.717, 1.165) is 36.6 Å². The molecule has 0 N–H and O–H groups in total. The van der Waals surface area contributed by atoms with Gasteiger partial charge in [0.1, 0.15) is 0 Å². The topological polar surface area (TPSA) is 51.2 Å². The van der Waals surface area contributed by atoms with Crippen LogP contribution in [0.15, 0.2) is 22.6 Å². The monoisotopic (exact) mass is 388 g/mol. The standard InChI is InChI=1S/C22H25FO3S/c1-10(24)27-19-14-5-4-11-13(22(14,3)16-8-12(16)18(19)25)6-7-21(2)15(11)9-17(23)20(21)26/h4-5,11-13,15-17H,6-9H2,1-3H3/t11-,12+,13+,15+,16?,17+,21+,22-/m1/s1. The van der Waals surface area contributed by atoms with Crippen molar-refractivity contribution < 1.29 is 18.8 Å². The van der Waals surface area contributed by atoms with Gasteiger partial charge in [0.25, 0.3) is 0 Å². The summed E-state index contributed by atoms with van der Waals surface area (Å²) in [6.45, 7) is 5.72. The molecule has 3 nitrogen and oxygen atoms in total. The Hall–Kier alpha value is -1.23. The van der Waals surface area contributed by atoms with Crippen LogP contribution in [0, 0.1) is 40.4 Å². The summed E-state index contributed by atoms with van der Waals surface area (Å²) in [5.41, 5.74) is 0.332. The molecule has 5 aliphatic rings. The highest BCUT2D eigenvalue weighted by Crippen LogP contribution is 2.70. The second kappa shape index (κ2) is 5.43. The fraction of sp³-hybridized carbons (Fsp3) is 0.682. The van der Waals surface area contributed by atoms with Gasteiger partial charge in [-0.1, -0.05) is 26.0 Å². The van der Waals surface area contributed by atoms with E-state index < -0.39 is 11.6 Å². The molecule has 5 aliphatic carbocycles. The predicted molar refractivity (Wildman–Crippen MR) is 101 cm³/mol. The van der Waals surface area contributed by atoms with Crippen molar-refractivity contribution in [1.29, 1.82) is 0 Å². The van der Waals surface area contributed by atoms with E-state index in [1.807, 2.05) is 13.0 Å². The third-order valence-corrected chi connectivity index (χ3v) is 9.39. The lowest BCUT2D eigenvalue weighted by molar-refractivity contribution is -0.133. The van der Waals surface area contributed by atoms with E-state index >= 15 is 0 Å². The summed E-state index contributed by atoms with van der Waals surface area (Å²) < 4.78 is 14.3. The Morgan fingerprint density at radius 3 is 2.63 bits per heavy atom. The Balaban J connectivity index is 1.62. The van der Waals surface area contributed by atoms with Crippen LogP contribution in [-0.4, -0.2) is 22.9 Å². The third-order valence-electron chi connectivity index (χ3n) is 8.48. The van der Waals surface area contributed by atoms with Crippen LogP contribution in [0.4, 0.5) is 4.39 Å². The fourth-order valence-electron chi connectivity index (χ4n) is 7.00. The molecule has 0 saturated heterocycles. The Bertz CT molecular complexity index is 844. The summed E-state index contributed by atoms with van der Waals surface area (Å²) in [4.78, 5) is 37.7. The molecule has 0 aromatic carbocycles. The van der Waals surface area contributed by atoms with Gasteiger partial charge in [0.05, 0.1) is 4.91 Å². The molecule has 3 fully saturated rings. The van der Waals surface area contributed by atoms with Crippen LogP contribution in [0.1, 0.15) is 46.5 Å². The summed E-state index contributed by atoms with van der Waals surface area (Å²) >= 11 is 1.08. The number of halogens is 1. The zero-order valence-electron chi connectivity index (χ0n) is 16.0. The predicted octanol–water partition coefficient (Wildman–Crippen LogP) is 4.27. The number of hydrogen-bond donors (Lipinski definition) is 0. The molecule has 1 unspecified atom stereocenters. The highest BCUT2D eigenvalue weighted by Gasteiger charge is 2.67. The van der Waals surface area contributed by atoms with Crippen molar-refractivity contribution in [2.24, 2.45) is 40.4 Å². The number of ketones is 2. The first-order valence-electron chi connectivity index (χ1n) is 10.0. The summed E-state index contributed by atoms with van der Waals surface area (Å²) in [6.07, 6.45) is 5.68. The number of thioether (sulfide) groups is 1. The molecule has 0 radical (unpaired) electrons. The minimum Gasteiger partial charge on any atom is -0.296 e. The number of fused-ring (bicyclic) bond motifs is 7. The van der Waals surface area contributed by atoms with Gasteiger partial charge in [-0.2, -0.15) is 0 Å². The van der Waals surface area contributed by atoms with E-state index in [1.165, 1.54) is 6.92 Å². The Morgan fingerprint density at radius 1 is 1.19 bits per heavy atom. The first-order chi connectivity index (χ1) is 12.7. The number of allylic oxidation sites excluding steroid dienone is 4. The molecule has 27 heavy (non-hydrogen) atoms. The average Bonchev–Trinajstić information content (AvgIpc) is 3.38. The molecule has 0 heterocycles. The van der Waals surface area contributed by atoms with Gasteiger partial charge < -0.3 is 0 Å². The van der Waals surface area contributed by atoms with Gasteiger partial charge in [-0.3, -0.25) is 14.4 Å². The van der Waals surface area contributed by atoms with Crippen LogP contribution in [0.25, 0.3) is 0 Å². The van der Waals surface area contributed by atoms with Crippen molar-refractivity contribution in [2.75, 3.05) is 0 Å². The van der Waals surface area contributed by atoms with Crippen molar-refractivity contribution in [3.05, 3.63) is 22.6 Å². The SMILES string of the molecule is CC(=O)SC1=C2C=C[C@H]3[C@@H]4C[C@H](F)C(=O)[C@@]4(C)CC[C@@H]3[C@@]2(C)C2C[C@@H]2C1=O. The highest BCUT2D eigenvalue weighted by molar-refractivity contribution is 8.17. The van der Waals surface area contributed by atoms with E-state index in [-0.39, 0.29) is 39.9 Å². The third kappa shape index (κ3) is 2.12. The summed E-state index contributed by atoms with van der Waals surface area (Å²) in [5, 5.41) is -0.0549. The maximum atomic E-state index is 14.3. The highest BCUT2D eigenvalue weighted by atomic mass is 32.2. The maximum Gasteiger partial charge on any atom is 0.190 e. The molecule has 0 aromatic rings. The van der Waals surface area contributed by atoms with Gasteiger partial charge in [-0.25, -0.2) is 4.39 Å². The lowest BCUT2D eigenvalue weighted by atomic mass is 9.49. The van der Waals surface area contributed by atoms with E-state index in [4.69, 9.17) is 0 Å². The molecule has 0 bridgehead atoms. The van der Waals surface area contributed by atoms with Gasteiger partial charge in [-0.15, -0.1) is 0 Å². The number of carbonyl (C=O) groups is 3. The Kier molecular flexibility index (Phi) is 3.59. The smallest absolute Gasteiger partial charge is 0.190 e. The minimum atomic E-state index is -1.33. The van der Waals surface area contributed by atoms with Crippen LogP contribution < -0.4 is 0 Å². The Morgan fingerprint density at radius 2 is 1.93 bits per heavy atom. The zero-order valence-corrected chi connectivity index (χ0v) is 16.8. The van der Waals surface area contributed by atoms with E-state index in [2.05, 4.69) is 13.0 Å². The number of hydrogen-bond acceptors (Lipinski definition) is 4. The largest absolute Gasteiger partial charge is 0.296 e. The minimum absolute atomic E-state index is 0.0418. The van der Waals surface area contributed by atoms with Crippen molar-refractivity contribution in [1.82, 2.24) is 0 Å². The zero-order chi connectivity index (χ0) is 19.3. The van der Waals surface area contributed by atoms with E-state index in [9.17, 15) is 18.8 Å². The molecule has 8 atom stereocenters. The van der Waals surface area contributed by atoms with Crippen molar-refractivity contribution in [3.8, 4) is 0 Å². The van der Waals surface area contributed by atoms with Gasteiger partial charge in [0, 0.05) is 23.7 Å². The molecule has 0 spiro atoms. The second-order valence-corrected chi connectivity index (χ2v) is 10.8. The number of Topliss-reactive ketones (excluding diaryl/α,β-unsaturated/α-hetero) is 2. The molecule has 0 amide bonds. The summed E-state index contributed by atoms with van der Waals surface area (Å²) in [7, 11) is 0. The van der Waals surface area contributed by atoms with Gasteiger partial charge in [0.15, 0.2) is 22.9 Å². The second-order valence-electron chi connectivity index (χ2n) is 9.61. The molecular formula is C22H25FO3S. The quantitative estimate of drug-likeness (QED) is 0.673. The number of rotatable bonds is 1. The molecule has 3 saturated carbocycles. The van der Waals surface area contributed by atoms with Crippen LogP contribution in [-0.2, 0) is 14.4 Å². The van der Waals surface area contributed by atoms with Gasteiger partial charge in [-0.05, 0) is 66.7 Å². The fourth-order valence-corrected chi connectivity index (χ4v) is 7.93. The summed E-state index contributed by atoms with van der Waals surface area (Å²) in [6, 6.07) is 0. The van der Waals surface area contributed by atoms with Crippen molar-refractivity contribution in [3.63, 3.8) is 0 Å². The molecule has 5 heteroatoms. The van der Waals surface area contributed by atoms with E-state index in [1.54, 1.807) is 0 Å². The van der Waals surface area contributed by atoms with Crippen LogP contribution in [0.3, 0.4) is 0 Å². The van der Waals surface area contributed by atoms with Crippen LogP contribution >= 0.6 is 11.8 Å². The lowest BCUT2D eigenvalue weighted by Crippen LogP contribution is -2.50. The van der Waals surface area contributed by atoms with Gasteiger partial charge >= 0.3 is 0 Å². The van der Waals surface area contributed by atoms with Gasteiger partial charge in [0.2, 0.25) is 0 Å². The molecule has 0 aromatic heterocycles. The number of carbonyl (C=O) groups excluding carboxylic acids is 3. The van der Waals surface area contributed by atoms with Crippen LogP contribution in [0.2, 0.25) is 0 Å². The first-order valence-corrected chi connectivity index (χ1v) is 10.8. The molecule has 144 valence electrons. The summed E-state index contributed by atoms with van der Waals surface area (Å²) in [5.74, 6) is 0.848. The van der Waals surface area contributed by atoms with E-state index in [0.29, 0.717) is 23.2 Å². The van der Waals surface area contributed by atoms with Crippen LogP contribution in [0.5, 0.6) is 0 Å². The average molecular weight is 389 g/mol. The number of alkyl halides is 1.